The standard InChI is InChI=1S/C10H20N2O3/c1-10(2,3)12(9(13)14)6-8-7-15-5-4-11-8/h8,11H,4-7H2,1-3H3,(H,13,14)/t8-/m1/s1. The van der Waals surface area contributed by atoms with Crippen LogP contribution in [0.2, 0.25) is 0 Å². The molecule has 0 aromatic carbocycles. The van der Waals surface area contributed by atoms with Crippen molar-refractivity contribution < 1.29 is 14.6 Å². The SMILES string of the molecule is CC(C)(C)N(C[C@@H]1COCCN1)C(=O)O. The summed E-state index contributed by atoms with van der Waals surface area (Å²) >= 11 is 0. The second-order valence-electron chi connectivity index (χ2n) is 4.79. The van der Waals surface area contributed by atoms with Crippen molar-refractivity contribution in [2.45, 2.75) is 32.4 Å². The Labute approximate surface area is 90.4 Å². The van der Waals surface area contributed by atoms with E-state index in [1.165, 1.54) is 4.90 Å². The maximum atomic E-state index is 11.1. The van der Waals surface area contributed by atoms with Gasteiger partial charge in [-0.15, -0.1) is 0 Å². The van der Waals surface area contributed by atoms with Gasteiger partial charge in [0.05, 0.1) is 13.2 Å². The molecule has 1 fully saturated rings. The van der Waals surface area contributed by atoms with Crippen LogP contribution < -0.4 is 5.32 Å². The van der Waals surface area contributed by atoms with E-state index in [1.54, 1.807) is 0 Å². The fraction of sp³-hybridized carbons (Fsp3) is 0.900. The van der Waals surface area contributed by atoms with Crippen LogP contribution in [0.25, 0.3) is 0 Å². The molecule has 1 saturated heterocycles. The molecule has 0 radical (unpaired) electrons. The number of nitrogens with zero attached hydrogens (tertiary/aromatic N) is 1. The van der Waals surface area contributed by atoms with Crippen molar-refractivity contribution >= 4 is 6.09 Å². The van der Waals surface area contributed by atoms with Crippen molar-refractivity contribution in [1.29, 1.82) is 0 Å². The van der Waals surface area contributed by atoms with E-state index >= 15 is 0 Å². The molecule has 0 aromatic rings. The van der Waals surface area contributed by atoms with Gasteiger partial charge in [0, 0.05) is 24.7 Å². The van der Waals surface area contributed by atoms with Gasteiger partial charge in [-0.3, -0.25) is 0 Å². The molecule has 0 unspecified atom stereocenters. The van der Waals surface area contributed by atoms with Crippen LogP contribution in [0.5, 0.6) is 0 Å². The number of nitrogens with one attached hydrogen (secondary N) is 1. The lowest BCUT2D eigenvalue weighted by atomic mass is 10.1. The summed E-state index contributed by atoms with van der Waals surface area (Å²) in [7, 11) is 0. The largest absolute Gasteiger partial charge is 0.465 e. The van der Waals surface area contributed by atoms with E-state index in [0.29, 0.717) is 19.8 Å². The van der Waals surface area contributed by atoms with E-state index in [2.05, 4.69) is 5.32 Å². The summed E-state index contributed by atoms with van der Waals surface area (Å²) in [5.74, 6) is 0. The summed E-state index contributed by atoms with van der Waals surface area (Å²) in [5, 5.41) is 12.3. The maximum absolute atomic E-state index is 11.1. The molecule has 0 spiro atoms. The molecule has 0 bridgehead atoms. The maximum Gasteiger partial charge on any atom is 0.407 e. The first-order chi connectivity index (χ1) is 6.91. The molecule has 0 aromatic heterocycles. The highest BCUT2D eigenvalue weighted by Crippen LogP contribution is 2.14. The minimum atomic E-state index is -0.880. The molecule has 0 aliphatic carbocycles. The van der Waals surface area contributed by atoms with Crippen LogP contribution in [0.3, 0.4) is 0 Å². The van der Waals surface area contributed by atoms with Crippen LogP contribution in [-0.4, -0.2) is 54.0 Å². The van der Waals surface area contributed by atoms with E-state index in [4.69, 9.17) is 9.84 Å². The molecule has 1 aliphatic heterocycles. The number of rotatable bonds is 2. The van der Waals surface area contributed by atoms with Gasteiger partial charge >= 0.3 is 6.09 Å². The fourth-order valence-electron chi connectivity index (χ4n) is 1.60. The molecule has 1 aliphatic rings. The van der Waals surface area contributed by atoms with E-state index in [9.17, 15) is 4.79 Å². The molecular weight excluding hydrogens is 196 g/mol. The van der Waals surface area contributed by atoms with Gasteiger partial charge < -0.3 is 20.1 Å². The van der Waals surface area contributed by atoms with Crippen LogP contribution in [-0.2, 0) is 4.74 Å². The third-order valence-electron chi connectivity index (χ3n) is 2.44. The summed E-state index contributed by atoms with van der Waals surface area (Å²) in [6.45, 7) is 8.24. The average molecular weight is 216 g/mol. The van der Waals surface area contributed by atoms with Crippen molar-refractivity contribution in [3.05, 3.63) is 0 Å². The Kier molecular flexibility index (Phi) is 3.93. The van der Waals surface area contributed by atoms with Crippen LogP contribution in [0.15, 0.2) is 0 Å². The molecule has 2 N–H and O–H groups in total. The van der Waals surface area contributed by atoms with Gasteiger partial charge in [-0.25, -0.2) is 4.79 Å². The van der Waals surface area contributed by atoms with Crippen molar-refractivity contribution in [3.8, 4) is 0 Å². The Hall–Kier alpha value is -0.810. The summed E-state index contributed by atoms with van der Waals surface area (Å²) in [5.41, 5.74) is -0.370. The van der Waals surface area contributed by atoms with Crippen LogP contribution in [0.4, 0.5) is 4.79 Å². The minimum absolute atomic E-state index is 0.106. The second-order valence-corrected chi connectivity index (χ2v) is 4.79. The summed E-state index contributed by atoms with van der Waals surface area (Å²) in [4.78, 5) is 12.5. The molecule has 1 amide bonds. The Morgan fingerprint density at radius 2 is 2.27 bits per heavy atom. The van der Waals surface area contributed by atoms with Crippen LogP contribution >= 0.6 is 0 Å². The highest BCUT2D eigenvalue weighted by Gasteiger charge is 2.29. The van der Waals surface area contributed by atoms with E-state index in [1.807, 2.05) is 20.8 Å². The number of hydrogen-bond acceptors (Lipinski definition) is 3. The number of carboxylic acid groups (broad SMARTS) is 1. The van der Waals surface area contributed by atoms with Crippen molar-refractivity contribution in [2.24, 2.45) is 0 Å². The van der Waals surface area contributed by atoms with Crippen molar-refractivity contribution in [2.75, 3.05) is 26.3 Å². The van der Waals surface area contributed by atoms with Gasteiger partial charge in [-0.2, -0.15) is 0 Å². The van der Waals surface area contributed by atoms with Crippen molar-refractivity contribution in [1.82, 2.24) is 10.2 Å². The molecule has 1 rings (SSSR count). The van der Waals surface area contributed by atoms with E-state index < -0.39 is 6.09 Å². The minimum Gasteiger partial charge on any atom is -0.465 e. The molecule has 5 nitrogen and oxygen atoms in total. The molecule has 5 heteroatoms. The predicted molar refractivity (Wildman–Crippen MR) is 57.1 cm³/mol. The zero-order valence-corrected chi connectivity index (χ0v) is 9.62. The zero-order valence-electron chi connectivity index (χ0n) is 9.62. The fourth-order valence-corrected chi connectivity index (χ4v) is 1.60. The number of hydrogen-bond donors (Lipinski definition) is 2. The smallest absolute Gasteiger partial charge is 0.407 e. The number of morpholine rings is 1. The number of carbonyl (C=O) groups is 1. The average Bonchev–Trinajstić information content (AvgIpc) is 2.13. The number of ether oxygens (including phenoxy) is 1. The third kappa shape index (κ3) is 3.68. The highest BCUT2D eigenvalue weighted by atomic mass is 16.5. The first kappa shape index (κ1) is 12.3. The van der Waals surface area contributed by atoms with Gasteiger partial charge in [0.15, 0.2) is 0 Å². The van der Waals surface area contributed by atoms with E-state index in [-0.39, 0.29) is 11.6 Å². The van der Waals surface area contributed by atoms with Gasteiger partial charge in [-0.05, 0) is 20.8 Å². The number of amides is 1. The van der Waals surface area contributed by atoms with Crippen molar-refractivity contribution in [3.63, 3.8) is 0 Å². The molecule has 1 atom stereocenters. The lowest BCUT2D eigenvalue weighted by molar-refractivity contribution is 0.0434. The van der Waals surface area contributed by atoms with Gasteiger partial charge in [0.25, 0.3) is 0 Å². The lowest BCUT2D eigenvalue weighted by Crippen LogP contribution is -2.54. The normalized spacial score (nSPS) is 22.5. The topological polar surface area (TPSA) is 61.8 Å². The van der Waals surface area contributed by atoms with Gasteiger partial charge in [0.2, 0.25) is 0 Å². The summed E-state index contributed by atoms with van der Waals surface area (Å²) in [6.07, 6.45) is -0.880. The van der Waals surface area contributed by atoms with Crippen LogP contribution in [0, 0.1) is 0 Å². The first-order valence-corrected chi connectivity index (χ1v) is 5.23. The Balaban J connectivity index is 2.54. The molecular formula is C10H20N2O3. The lowest BCUT2D eigenvalue weighted by Gasteiger charge is -2.37. The summed E-state index contributed by atoms with van der Waals surface area (Å²) in [6, 6.07) is 0.106. The van der Waals surface area contributed by atoms with Gasteiger partial charge in [-0.1, -0.05) is 0 Å². The monoisotopic (exact) mass is 216 g/mol. The molecule has 15 heavy (non-hydrogen) atoms. The van der Waals surface area contributed by atoms with Gasteiger partial charge in [0.1, 0.15) is 0 Å². The zero-order chi connectivity index (χ0) is 11.5. The van der Waals surface area contributed by atoms with Crippen LogP contribution in [0.1, 0.15) is 20.8 Å². The third-order valence-corrected chi connectivity index (χ3v) is 2.44. The molecule has 1 heterocycles. The first-order valence-electron chi connectivity index (χ1n) is 5.23. The quantitative estimate of drug-likeness (QED) is 0.715. The Morgan fingerprint density at radius 3 is 2.67 bits per heavy atom. The second kappa shape index (κ2) is 4.81. The molecule has 88 valence electrons. The Morgan fingerprint density at radius 1 is 1.60 bits per heavy atom. The predicted octanol–water partition coefficient (Wildman–Crippen LogP) is 0.753. The van der Waals surface area contributed by atoms with E-state index in [0.717, 1.165) is 6.54 Å². The molecule has 0 saturated carbocycles. The highest BCUT2D eigenvalue weighted by molar-refractivity contribution is 5.66. The summed E-state index contributed by atoms with van der Waals surface area (Å²) < 4.78 is 5.29. The Bertz CT molecular complexity index is 219.